The molecule has 0 fully saturated rings. The molecule has 3 nitrogen and oxygen atoms in total. The van der Waals surface area contributed by atoms with E-state index in [1.54, 1.807) is 0 Å². The average molecular weight is 347 g/mol. The van der Waals surface area contributed by atoms with Crippen molar-refractivity contribution in [2.75, 3.05) is 11.9 Å². The van der Waals surface area contributed by atoms with E-state index < -0.39 is 0 Å². The van der Waals surface area contributed by atoms with Gasteiger partial charge in [0.2, 0.25) is 5.91 Å². The van der Waals surface area contributed by atoms with Gasteiger partial charge in [-0.05, 0) is 36.8 Å². The number of benzene rings is 2. The normalized spacial score (nSPS) is 10.2. The Bertz CT molecular complexity index is 596. The Hall–Kier alpha value is -1.81. The Morgan fingerprint density at radius 1 is 1.14 bits per heavy atom. The maximum absolute atomic E-state index is 11.8. The SMILES string of the molecule is Cc1cccc(CNC(=O)CCNc2ccc(Br)cc2)c1. The fourth-order valence-corrected chi connectivity index (χ4v) is 2.26. The van der Waals surface area contributed by atoms with Crippen LogP contribution in [0.25, 0.3) is 0 Å². The van der Waals surface area contributed by atoms with Gasteiger partial charge >= 0.3 is 0 Å². The fourth-order valence-electron chi connectivity index (χ4n) is 2.00. The van der Waals surface area contributed by atoms with Crippen molar-refractivity contribution in [1.82, 2.24) is 5.32 Å². The maximum atomic E-state index is 11.8. The van der Waals surface area contributed by atoms with Gasteiger partial charge in [0.1, 0.15) is 0 Å². The van der Waals surface area contributed by atoms with E-state index in [0.717, 1.165) is 15.7 Å². The number of nitrogens with one attached hydrogen (secondary N) is 2. The van der Waals surface area contributed by atoms with Gasteiger partial charge < -0.3 is 10.6 Å². The molecule has 0 atom stereocenters. The summed E-state index contributed by atoms with van der Waals surface area (Å²) in [5, 5.41) is 6.16. The maximum Gasteiger partial charge on any atom is 0.222 e. The molecule has 21 heavy (non-hydrogen) atoms. The van der Waals surface area contributed by atoms with Crippen molar-refractivity contribution in [3.8, 4) is 0 Å². The van der Waals surface area contributed by atoms with Crippen LogP contribution in [0, 0.1) is 6.92 Å². The highest BCUT2D eigenvalue weighted by Crippen LogP contribution is 2.13. The molecule has 0 aliphatic rings. The second-order valence-corrected chi connectivity index (χ2v) is 5.87. The van der Waals surface area contributed by atoms with Crippen molar-refractivity contribution in [3.63, 3.8) is 0 Å². The Kier molecular flexibility index (Phi) is 5.81. The molecular formula is C17H19BrN2O. The average Bonchev–Trinajstić information content (AvgIpc) is 2.47. The van der Waals surface area contributed by atoms with Gasteiger partial charge in [-0.1, -0.05) is 45.8 Å². The molecule has 0 aliphatic carbocycles. The first-order valence-corrected chi connectivity index (χ1v) is 7.74. The Labute approximate surface area is 133 Å². The van der Waals surface area contributed by atoms with E-state index in [4.69, 9.17) is 0 Å². The van der Waals surface area contributed by atoms with Crippen molar-refractivity contribution < 1.29 is 4.79 Å². The van der Waals surface area contributed by atoms with Gasteiger partial charge in [-0.15, -0.1) is 0 Å². The summed E-state index contributed by atoms with van der Waals surface area (Å²) in [6.45, 7) is 3.26. The molecule has 0 unspecified atom stereocenters. The first kappa shape index (κ1) is 15.6. The first-order valence-electron chi connectivity index (χ1n) is 6.95. The zero-order valence-corrected chi connectivity index (χ0v) is 13.6. The Balaban J connectivity index is 1.69. The first-order chi connectivity index (χ1) is 10.1. The van der Waals surface area contributed by atoms with Crippen LogP contribution in [0.2, 0.25) is 0 Å². The van der Waals surface area contributed by atoms with Crippen molar-refractivity contribution in [2.45, 2.75) is 19.9 Å². The standard InChI is InChI=1S/C17H19BrN2O/c1-13-3-2-4-14(11-13)12-20-17(21)9-10-19-16-7-5-15(18)6-8-16/h2-8,11,19H,9-10,12H2,1H3,(H,20,21). The lowest BCUT2D eigenvalue weighted by molar-refractivity contribution is -0.121. The molecule has 0 heterocycles. The molecule has 0 spiro atoms. The number of anilines is 1. The van der Waals surface area contributed by atoms with Crippen LogP contribution < -0.4 is 10.6 Å². The summed E-state index contributed by atoms with van der Waals surface area (Å²) in [5.74, 6) is 0.0566. The van der Waals surface area contributed by atoms with Gasteiger partial charge in [-0.25, -0.2) is 0 Å². The van der Waals surface area contributed by atoms with Crippen molar-refractivity contribution in [3.05, 3.63) is 64.1 Å². The number of aryl methyl sites for hydroxylation is 1. The van der Waals surface area contributed by atoms with Crippen molar-refractivity contribution in [1.29, 1.82) is 0 Å². The van der Waals surface area contributed by atoms with Crippen LogP contribution in [0.3, 0.4) is 0 Å². The van der Waals surface area contributed by atoms with Crippen LogP contribution in [0.4, 0.5) is 5.69 Å². The molecule has 110 valence electrons. The van der Waals surface area contributed by atoms with E-state index in [1.807, 2.05) is 49.4 Å². The van der Waals surface area contributed by atoms with Crippen molar-refractivity contribution >= 4 is 27.5 Å². The number of hydrogen-bond acceptors (Lipinski definition) is 2. The molecule has 2 N–H and O–H groups in total. The van der Waals surface area contributed by atoms with Crippen LogP contribution in [0.1, 0.15) is 17.5 Å². The second kappa shape index (κ2) is 7.84. The van der Waals surface area contributed by atoms with Crippen LogP contribution in [0.15, 0.2) is 53.0 Å². The minimum Gasteiger partial charge on any atom is -0.385 e. The van der Waals surface area contributed by atoms with Gasteiger partial charge in [0.05, 0.1) is 0 Å². The zero-order chi connectivity index (χ0) is 15.1. The van der Waals surface area contributed by atoms with E-state index in [1.165, 1.54) is 5.56 Å². The molecule has 4 heteroatoms. The summed E-state index contributed by atoms with van der Waals surface area (Å²) >= 11 is 3.39. The number of amides is 1. The molecule has 0 bridgehead atoms. The van der Waals surface area contributed by atoms with E-state index in [2.05, 4.69) is 32.6 Å². The molecule has 0 radical (unpaired) electrons. The van der Waals surface area contributed by atoms with Gasteiger partial charge in [0, 0.05) is 29.7 Å². The molecule has 0 aliphatic heterocycles. The molecule has 0 aromatic heterocycles. The third-order valence-electron chi connectivity index (χ3n) is 3.10. The van der Waals surface area contributed by atoms with Crippen LogP contribution in [-0.4, -0.2) is 12.5 Å². The number of carbonyl (C=O) groups excluding carboxylic acids is 1. The van der Waals surface area contributed by atoms with E-state index in [-0.39, 0.29) is 5.91 Å². The minimum absolute atomic E-state index is 0.0566. The summed E-state index contributed by atoms with van der Waals surface area (Å²) in [7, 11) is 0. The van der Waals surface area contributed by atoms with Crippen LogP contribution in [0.5, 0.6) is 0 Å². The highest BCUT2D eigenvalue weighted by molar-refractivity contribution is 9.10. The monoisotopic (exact) mass is 346 g/mol. The number of halogens is 1. The molecular weight excluding hydrogens is 328 g/mol. The molecule has 0 saturated heterocycles. The van der Waals surface area contributed by atoms with Crippen LogP contribution in [-0.2, 0) is 11.3 Å². The lowest BCUT2D eigenvalue weighted by Gasteiger charge is -2.08. The minimum atomic E-state index is 0.0566. The third-order valence-corrected chi connectivity index (χ3v) is 3.63. The summed E-state index contributed by atoms with van der Waals surface area (Å²) < 4.78 is 1.05. The number of hydrogen-bond donors (Lipinski definition) is 2. The molecule has 2 aromatic rings. The highest BCUT2D eigenvalue weighted by Gasteiger charge is 2.01. The van der Waals surface area contributed by atoms with Crippen LogP contribution >= 0.6 is 15.9 Å². The summed E-state index contributed by atoms with van der Waals surface area (Å²) in [5.41, 5.74) is 3.35. The topological polar surface area (TPSA) is 41.1 Å². The van der Waals surface area contributed by atoms with Gasteiger partial charge in [-0.2, -0.15) is 0 Å². The molecule has 2 rings (SSSR count). The largest absolute Gasteiger partial charge is 0.385 e. The van der Waals surface area contributed by atoms with Gasteiger partial charge in [0.15, 0.2) is 0 Å². The highest BCUT2D eigenvalue weighted by atomic mass is 79.9. The second-order valence-electron chi connectivity index (χ2n) is 4.95. The lowest BCUT2D eigenvalue weighted by atomic mass is 10.1. The Morgan fingerprint density at radius 2 is 1.90 bits per heavy atom. The summed E-state index contributed by atoms with van der Waals surface area (Å²) in [6.07, 6.45) is 0.460. The summed E-state index contributed by atoms with van der Waals surface area (Å²) in [4.78, 5) is 11.8. The zero-order valence-electron chi connectivity index (χ0n) is 12.0. The van der Waals surface area contributed by atoms with E-state index in [0.29, 0.717) is 19.5 Å². The smallest absolute Gasteiger partial charge is 0.222 e. The number of rotatable bonds is 6. The van der Waals surface area contributed by atoms with Crippen molar-refractivity contribution in [2.24, 2.45) is 0 Å². The summed E-state index contributed by atoms with van der Waals surface area (Å²) in [6, 6.07) is 16.1. The molecule has 0 saturated carbocycles. The Morgan fingerprint density at radius 3 is 2.62 bits per heavy atom. The molecule has 2 aromatic carbocycles. The lowest BCUT2D eigenvalue weighted by Crippen LogP contribution is -2.24. The third kappa shape index (κ3) is 5.60. The van der Waals surface area contributed by atoms with Gasteiger partial charge in [0.25, 0.3) is 0 Å². The van der Waals surface area contributed by atoms with E-state index >= 15 is 0 Å². The molecule has 1 amide bonds. The fraction of sp³-hybridized carbons (Fsp3) is 0.235. The predicted octanol–water partition coefficient (Wildman–Crippen LogP) is 3.88. The predicted molar refractivity (Wildman–Crippen MR) is 90.3 cm³/mol. The van der Waals surface area contributed by atoms with Gasteiger partial charge in [-0.3, -0.25) is 4.79 Å². The quantitative estimate of drug-likeness (QED) is 0.833. The van der Waals surface area contributed by atoms with E-state index in [9.17, 15) is 4.79 Å². The number of carbonyl (C=O) groups is 1.